The molecule has 2 aromatic carbocycles. The number of benzene rings is 2. The molecule has 37 heavy (non-hydrogen) atoms. The van der Waals surface area contributed by atoms with Gasteiger partial charge in [-0.05, 0) is 54.7 Å². The topological polar surface area (TPSA) is 50.1 Å². The molecule has 190 valence electrons. The second-order valence-electron chi connectivity index (χ2n) is 10.6. The summed E-state index contributed by atoms with van der Waals surface area (Å²) in [5.41, 5.74) is 6.42. The first-order chi connectivity index (χ1) is 18.0. The summed E-state index contributed by atoms with van der Waals surface area (Å²) in [6, 6.07) is 23.1. The van der Waals surface area contributed by atoms with Gasteiger partial charge in [-0.25, -0.2) is 4.98 Å². The maximum absolute atomic E-state index is 13.4. The minimum atomic E-state index is 0.106. The van der Waals surface area contributed by atoms with Gasteiger partial charge in [-0.1, -0.05) is 50.2 Å². The van der Waals surface area contributed by atoms with Crippen LogP contribution in [0.25, 0.3) is 16.9 Å². The largest absolute Gasteiger partial charge is 0.497 e. The van der Waals surface area contributed by atoms with Crippen molar-refractivity contribution >= 4 is 11.6 Å². The van der Waals surface area contributed by atoms with Crippen LogP contribution >= 0.6 is 0 Å². The number of hydrogen-bond acceptors (Lipinski definition) is 4. The molecule has 3 fully saturated rings. The molecule has 0 radical (unpaired) electrons. The SMILES string of the molecule is COc1cccc(C(=O)N2CC3CCC2CN3Cc2c(-c3ccc(C(C)C)cc3)nc3ccccn23)c1. The molecule has 6 heteroatoms. The molecule has 2 aromatic heterocycles. The van der Waals surface area contributed by atoms with E-state index in [0.29, 0.717) is 17.5 Å². The quantitative estimate of drug-likeness (QED) is 0.349. The molecule has 2 atom stereocenters. The van der Waals surface area contributed by atoms with Crippen LogP contribution in [0.3, 0.4) is 0 Å². The van der Waals surface area contributed by atoms with E-state index in [2.05, 4.69) is 70.6 Å². The smallest absolute Gasteiger partial charge is 0.254 e. The zero-order valence-electron chi connectivity index (χ0n) is 21.8. The van der Waals surface area contributed by atoms with E-state index in [4.69, 9.17) is 9.72 Å². The standard InChI is InChI=1S/C31H34N4O2/c1-21(2)22-10-12-23(13-11-22)30-28(34-16-5-4-9-29(34)32-30)20-33-18-26-15-14-25(33)19-35(26)31(36)24-7-6-8-27(17-24)37-3/h4-13,16-17,21,25-26H,14-15,18-20H2,1-3H3. The number of pyridine rings is 1. The molecule has 0 N–H and O–H groups in total. The number of fused-ring (bicyclic) bond motifs is 4. The van der Waals surface area contributed by atoms with Crippen LogP contribution in [0.1, 0.15) is 54.2 Å². The Labute approximate surface area is 218 Å². The minimum absolute atomic E-state index is 0.106. The Balaban J connectivity index is 1.27. The highest BCUT2D eigenvalue weighted by atomic mass is 16.5. The Bertz CT molecular complexity index is 1420. The normalized spacial score (nSPS) is 19.6. The number of nitrogens with zero attached hydrogens (tertiary/aromatic N) is 4. The fraction of sp³-hybridized carbons (Fsp3) is 0.355. The molecule has 2 unspecified atom stereocenters. The van der Waals surface area contributed by atoms with Crippen molar-refractivity contribution in [3.8, 4) is 17.0 Å². The van der Waals surface area contributed by atoms with Crippen LogP contribution in [0.2, 0.25) is 0 Å². The van der Waals surface area contributed by atoms with Crippen LogP contribution in [-0.4, -0.2) is 57.4 Å². The van der Waals surface area contributed by atoms with Gasteiger partial charge in [-0.15, -0.1) is 0 Å². The Morgan fingerprint density at radius 2 is 1.81 bits per heavy atom. The summed E-state index contributed by atoms with van der Waals surface area (Å²) in [5.74, 6) is 1.33. The van der Waals surface area contributed by atoms with Crippen LogP contribution in [0.5, 0.6) is 5.75 Å². The summed E-state index contributed by atoms with van der Waals surface area (Å²) < 4.78 is 7.57. The van der Waals surface area contributed by atoms with Gasteiger partial charge in [0.1, 0.15) is 11.4 Å². The number of hydrogen-bond donors (Lipinski definition) is 0. The van der Waals surface area contributed by atoms with Crippen molar-refractivity contribution in [1.29, 1.82) is 0 Å². The van der Waals surface area contributed by atoms with Crippen molar-refractivity contribution < 1.29 is 9.53 Å². The maximum atomic E-state index is 13.4. The van der Waals surface area contributed by atoms with Crippen molar-refractivity contribution in [1.82, 2.24) is 19.2 Å². The lowest BCUT2D eigenvalue weighted by atomic mass is 9.89. The maximum Gasteiger partial charge on any atom is 0.254 e. The molecule has 0 spiro atoms. The summed E-state index contributed by atoms with van der Waals surface area (Å²) in [6.45, 7) is 6.90. The van der Waals surface area contributed by atoms with Crippen LogP contribution < -0.4 is 4.74 Å². The second-order valence-corrected chi connectivity index (χ2v) is 10.6. The molecule has 3 aliphatic rings. The van der Waals surface area contributed by atoms with E-state index in [1.54, 1.807) is 7.11 Å². The van der Waals surface area contributed by atoms with E-state index < -0.39 is 0 Å². The van der Waals surface area contributed by atoms with Crippen molar-refractivity contribution in [3.05, 3.63) is 89.7 Å². The van der Waals surface area contributed by atoms with Crippen molar-refractivity contribution in [2.75, 3.05) is 20.2 Å². The fourth-order valence-electron chi connectivity index (χ4n) is 5.93. The lowest BCUT2D eigenvalue weighted by molar-refractivity contribution is -0.0159. The Morgan fingerprint density at radius 1 is 1.00 bits per heavy atom. The van der Waals surface area contributed by atoms with Crippen molar-refractivity contribution in [2.45, 2.75) is 51.2 Å². The van der Waals surface area contributed by atoms with Gasteiger partial charge in [0.25, 0.3) is 5.91 Å². The van der Waals surface area contributed by atoms with E-state index in [1.165, 1.54) is 11.3 Å². The average Bonchev–Trinajstić information content (AvgIpc) is 3.31. The average molecular weight is 495 g/mol. The number of carbonyl (C=O) groups is 1. The molecule has 5 heterocycles. The molecule has 2 bridgehead atoms. The molecule has 1 amide bonds. The molecule has 6 nitrogen and oxygen atoms in total. The lowest BCUT2D eigenvalue weighted by Crippen LogP contribution is -2.63. The van der Waals surface area contributed by atoms with E-state index in [-0.39, 0.29) is 11.9 Å². The van der Waals surface area contributed by atoms with Gasteiger partial charge in [-0.2, -0.15) is 0 Å². The predicted molar refractivity (Wildman–Crippen MR) is 146 cm³/mol. The molecule has 3 aliphatic heterocycles. The summed E-state index contributed by atoms with van der Waals surface area (Å²) in [7, 11) is 1.64. The summed E-state index contributed by atoms with van der Waals surface area (Å²) >= 11 is 0. The highest BCUT2D eigenvalue weighted by Crippen LogP contribution is 2.34. The number of ether oxygens (including phenoxy) is 1. The zero-order chi connectivity index (χ0) is 25.5. The number of imidazole rings is 1. The number of piperazine rings is 1. The monoisotopic (exact) mass is 494 g/mol. The first kappa shape index (κ1) is 23.7. The number of aromatic nitrogens is 2. The minimum Gasteiger partial charge on any atom is -0.497 e. The second kappa shape index (κ2) is 9.67. The lowest BCUT2D eigenvalue weighted by Gasteiger charge is -2.51. The van der Waals surface area contributed by atoms with Crippen molar-refractivity contribution in [3.63, 3.8) is 0 Å². The van der Waals surface area contributed by atoms with E-state index >= 15 is 0 Å². The molecular weight excluding hydrogens is 460 g/mol. The van der Waals surface area contributed by atoms with E-state index in [1.807, 2.05) is 30.3 Å². The van der Waals surface area contributed by atoms with E-state index in [9.17, 15) is 4.79 Å². The van der Waals surface area contributed by atoms with Crippen LogP contribution in [0.15, 0.2) is 72.9 Å². The number of methoxy groups -OCH3 is 1. The number of carbonyl (C=O) groups excluding carboxylic acids is 1. The summed E-state index contributed by atoms with van der Waals surface area (Å²) in [6.07, 6.45) is 4.28. The van der Waals surface area contributed by atoms with Gasteiger partial charge < -0.3 is 14.0 Å². The van der Waals surface area contributed by atoms with Gasteiger partial charge in [0.2, 0.25) is 0 Å². The van der Waals surface area contributed by atoms with Crippen LogP contribution in [-0.2, 0) is 6.54 Å². The molecule has 7 rings (SSSR count). The third-order valence-corrected chi connectivity index (χ3v) is 8.05. The van der Waals surface area contributed by atoms with Crippen LogP contribution in [0.4, 0.5) is 0 Å². The van der Waals surface area contributed by atoms with Gasteiger partial charge >= 0.3 is 0 Å². The molecular formula is C31H34N4O2. The third-order valence-electron chi connectivity index (χ3n) is 8.05. The molecule has 4 aromatic rings. The van der Waals surface area contributed by atoms with E-state index in [0.717, 1.165) is 55.1 Å². The first-order valence-corrected chi connectivity index (χ1v) is 13.3. The third kappa shape index (κ3) is 4.40. The molecule has 0 saturated carbocycles. The number of amides is 1. The van der Waals surface area contributed by atoms with Crippen LogP contribution in [0, 0.1) is 0 Å². The zero-order valence-corrected chi connectivity index (χ0v) is 21.8. The number of piperidine rings is 2. The highest BCUT2D eigenvalue weighted by Gasteiger charge is 2.41. The summed E-state index contributed by atoms with van der Waals surface area (Å²) in [5, 5.41) is 0. The summed E-state index contributed by atoms with van der Waals surface area (Å²) in [4.78, 5) is 23.1. The first-order valence-electron chi connectivity index (χ1n) is 13.3. The van der Waals surface area contributed by atoms with Gasteiger partial charge in [0.15, 0.2) is 0 Å². The fourth-order valence-corrected chi connectivity index (χ4v) is 5.93. The molecule has 0 aliphatic carbocycles. The Kier molecular flexibility index (Phi) is 6.21. The predicted octanol–water partition coefficient (Wildman–Crippen LogP) is 5.62. The Hall–Kier alpha value is -3.64. The molecule has 3 saturated heterocycles. The van der Waals surface area contributed by atoms with Gasteiger partial charge in [0.05, 0.1) is 18.5 Å². The van der Waals surface area contributed by atoms with Gasteiger partial charge in [-0.3, -0.25) is 9.69 Å². The van der Waals surface area contributed by atoms with Gasteiger partial charge in [0, 0.05) is 49.0 Å². The Morgan fingerprint density at radius 3 is 2.54 bits per heavy atom. The van der Waals surface area contributed by atoms with Crippen molar-refractivity contribution in [2.24, 2.45) is 0 Å². The highest BCUT2D eigenvalue weighted by molar-refractivity contribution is 5.95. The number of rotatable bonds is 6.